The first-order chi connectivity index (χ1) is 17.0. The molecule has 2 N–H and O–H groups in total. The Bertz CT molecular complexity index is 1270. The van der Waals surface area contributed by atoms with E-state index in [-0.39, 0.29) is 23.6 Å². The van der Waals surface area contributed by atoms with Crippen LogP contribution in [0.15, 0.2) is 66.7 Å². The van der Waals surface area contributed by atoms with Gasteiger partial charge < -0.3 is 15.3 Å². The molecule has 0 saturated carbocycles. The van der Waals surface area contributed by atoms with E-state index in [1.54, 1.807) is 6.08 Å². The largest absolute Gasteiger partial charge is 0.417 e. The van der Waals surface area contributed by atoms with E-state index in [0.717, 1.165) is 17.3 Å². The number of aliphatic hydroxyl groups is 1. The zero-order chi connectivity index (χ0) is 26.5. The molecule has 3 rings (SSSR count). The Labute approximate surface area is 209 Å². The molecule has 0 radical (unpaired) electrons. The van der Waals surface area contributed by atoms with Crippen LogP contribution in [0.5, 0.6) is 0 Å². The van der Waals surface area contributed by atoms with Crippen molar-refractivity contribution in [1.82, 2.24) is 0 Å². The molecule has 10 heteroatoms. The van der Waals surface area contributed by atoms with Crippen LogP contribution in [0.2, 0.25) is 5.02 Å². The van der Waals surface area contributed by atoms with Crippen molar-refractivity contribution in [3.63, 3.8) is 0 Å². The molecule has 0 aromatic heterocycles. The summed E-state index contributed by atoms with van der Waals surface area (Å²) in [6.45, 7) is 0.517. The maximum absolute atomic E-state index is 14.3. The second-order valence-electron chi connectivity index (χ2n) is 7.75. The number of benzene rings is 3. The highest BCUT2D eigenvalue weighted by atomic mass is 35.5. The molecule has 5 nitrogen and oxygen atoms in total. The lowest BCUT2D eigenvalue weighted by atomic mass is 10.0. The SMILES string of the molecule is CN(CCO)c1ccc(/C=C/C(=O)c2ccc(NC(=O)c3c(C(F)(F)F)ccc(Cl)c3F)cc2)cc1. The van der Waals surface area contributed by atoms with Crippen LogP contribution in [0.25, 0.3) is 6.08 Å². The topological polar surface area (TPSA) is 69.6 Å². The number of hydrogen-bond acceptors (Lipinski definition) is 4. The lowest BCUT2D eigenvalue weighted by molar-refractivity contribution is -0.138. The number of allylic oxidation sites excluding steroid dienone is 1. The minimum atomic E-state index is -4.96. The Kier molecular flexibility index (Phi) is 8.49. The zero-order valence-corrected chi connectivity index (χ0v) is 19.7. The van der Waals surface area contributed by atoms with Crippen LogP contribution in [0.3, 0.4) is 0 Å². The number of hydrogen-bond donors (Lipinski definition) is 2. The molecule has 0 heterocycles. The van der Waals surface area contributed by atoms with Gasteiger partial charge in [0, 0.05) is 30.5 Å². The molecule has 1 amide bonds. The molecule has 0 unspecified atom stereocenters. The van der Waals surface area contributed by atoms with Gasteiger partial charge in [0.25, 0.3) is 5.91 Å². The average Bonchev–Trinajstić information content (AvgIpc) is 2.84. The second kappa shape index (κ2) is 11.4. The Morgan fingerprint density at radius 1 is 1.03 bits per heavy atom. The number of amides is 1. The molecule has 0 aliphatic carbocycles. The number of ketones is 1. The fourth-order valence-corrected chi connectivity index (χ4v) is 3.46. The van der Waals surface area contributed by atoms with Crippen molar-refractivity contribution in [1.29, 1.82) is 0 Å². The van der Waals surface area contributed by atoms with E-state index in [4.69, 9.17) is 16.7 Å². The van der Waals surface area contributed by atoms with Gasteiger partial charge in [-0.15, -0.1) is 0 Å². The number of anilines is 2. The minimum absolute atomic E-state index is 0.0290. The van der Waals surface area contributed by atoms with Crippen molar-refractivity contribution in [3.05, 3.63) is 99.8 Å². The molecule has 0 spiro atoms. The van der Waals surface area contributed by atoms with E-state index in [1.165, 1.54) is 30.3 Å². The number of likely N-dealkylation sites (N-methyl/N-ethyl adjacent to an activating group) is 1. The molecule has 3 aromatic carbocycles. The van der Waals surface area contributed by atoms with Gasteiger partial charge in [-0.3, -0.25) is 9.59 Å². The number of carbonyl (C=O) groups excluding carboxylic acids is 2. The third-order valence-electron chi connectivity index (χ3n) is 5.25. The maximum Gasteiger partial charge on any atom is 0.417 e. The van der Waals surface area contributed by atoms with Crippen LogP contribution >= 0.6 is 11.6 Å². The number of alkyl halides is 3. The number of nitrogens with one attached hydrogen (secondary N) is 1. The highest BCUT2D eigenvalue weighted by Gasteiger charge is 2.37. The fraction of sp³-hybridized carbons (Fsp3) is 0.154. The van der Waals surface area contributed by atoms with E-state index in [0.29, 0.717) is 12.6 Å². The summed E-state index contributed by atoms with van der Waals surface area (Å²) in [5.74, 6) is -3.14. The molecule has 0 saturated heterocycles. The van der Waals surface area contributed by atoms with Crippen LogP contribution in [-0.2, 0) is 6.18 Å². The minimum Gasteiger partial charge on any atom is -0.395 e. The van der Waals surface area contributed by atoms with Crippen molar-refractivity contribution >= 4 is 40.7 Å². The number of nitrogens with zero attached hydrogens (tertiary/aromatic N) is 1. The number of rotatable bonds is 8. The molecule has 3 aromatic rings. The standard InChI is InChI=1S/C26H21ClF4N2O3/c1-33(14-15-34)19-9-2-16(3-10-19)4-13-22(35)17-5-7-18(8-6-17)32-25(36)23-20(26(29,30)31)11-12-21(27)24(23)28/h2-13,34H,14-15H2,1H3,(H,32,36)/b13-4+. The Hall–Kier alpha value is -3.69. The molecule has 0 bridgehead atoms. The normalized spacial score (nSPS) is 11.5. The number of halogens is 5. The van der Waals surface area contributed by atoms with Crippen LogP contribution in [0.4, 0.5) is 28.9 Å². The number of aliphatic hydroxyl groups excluding tert-OH is 1. The molecule has 0 fully saturated rings. The lowest BCUT2D eigenvalue weighted by Crippen LogP contribution is -2.21. The van der Waals surface area contributed by atoms with E-state index in [1.807, 2.05) is 36.2 Å². The summed E-state index contributed by atoms with van der Waals surface area (Å²) in [7, 11) is 1.84. The van der Waals surface area contributed by atoms with E-state index < -0.39 is 34.1 Å². The van der Waals surface area contributed by atoms with Gasteiger partial charge in [0.1, 0.15) is 0 Å². The molecule has 0 aliphatic heterocycles. The first-order valence-electron chi connectivity index (χ1n) is 10.6. The molecule has 188 valence electrons. The van der Waals surface area contributed by atoms with Crippen LogP contribution in [0.1, 0.15) is 31.8 Å². The third kappa shape index (κ3) is 6.50. The smallest absolute Gasteiger partial charge is 0.395 e. The molecule has 36 heavy (non-hydrogen) atoms. The lowest BCUT2D eigenvalue weighted by Gasteiger charge is -2.17. The summed E-state index contributed by atoms with van der Waals surface area (Å²) >= 11 is 5.57. The zero-order valence-electron chi connectivity index (χ0n) is 18.9. The average molecular weight is 521 g/mol. The van der Waals surface area contributed by atoms with Gasteiger partial charge in [-0.2, -0.15) is 13.2 Å². The summed E-state index contributed by atoms with van der Waals surface area (Å²) in [5.41, 5.74) is -0.648. The van der Waals surface area contributed by atoms with Crippen molar-refractivity contribution in [2.24, 2.45) is 0 Å². The van der Waals surface area contributed by atoms with Gasteiger partial charge in [-0.1, -0.05) is 29.8 Å². The van der Waals surface area contributed by atoms with Crippen molar-refractivity contribution < 1.29 is 32.3 Å². The van der Waals surface area contributed by atoms with Crippen molar-refractivity contribution in [3.8, 4) is 0 Å². The van der Waals surface area contributed by atoms with Crippen molar-refractivity contribution in [2.45, 2.75) is 6.18 Å². The van der Waals surface area contributed by atoms with Crippen LogP contribution in [0, 0.1) is 5.82 Å². The predicted octanol–water partition coefficient (Wildman–Crippen LogP) is 6.07. The predicted molar refractivity (Wildman–Crippen MR) is 131 cm³/mol. The van der Waals surface area contributed by atoms with Gasteiger partial charge in [-0.05, 0) is 60.2 Å². The van der Waals surface area contributed by atoms with E-state index in [2.05, 4.69) is 5.32 Å². The summed E-state index contributed by atoms with van der Waals surface area (Å²) in [4.78, 5) is 26.8. The summed E-state index contributed by atoms with van der Waals surface area (Å²) in [6.07, 6.45) is -1.98. The Morgan fingerprint density at radius 3 is 2.25 bits per heavy atom. The van der Waals surface area contributed by atoms with Gasteiger partial charge in [0.2, 0.25) is 0 Å². The third-order valence-corrected chi connectivity index (χ3v) is 5.54. The van der Waals surface area contributed by atoms with Crippen LogP contribution < -0.4 is 10.2 Å². The molecular formula is C26H21ClF4N2O3. The Morgan fingerprint density at radius 2 is 1.67 bits per heavy atom. The molecular weight excluding hydrogens is 500 g/mol. The second-order valence-corrected chi connectivity index (χ2v) is 8.15. The summed E-state index contributed by atoms with van der Waals surface area (Å²) < 4.78 is 54.0. The van der Waals surface area contributed by atoms with Crippen LogP contribution in [-0.4, -0.2) is 37.0 Å². The maximum atomic E-state index is 14.3. The van der Waals surface area contributed by atoms with Gasteiger partial charge in [0.05, 0.1) is 22.8 Å². The summed E-state index contributed by atoms with van der Waals surface area (Å²) in [6, 6.07) is 14.0. The van der Waals surface area contributed by atoms with Gasteiger partial charge >= 0.3 is 6.18 Å². The molecule has 0 atom stereocenters. The highest BCUT2D eigenvalue weighted by molar-refractivity contribution is 6.31. The van der Waals surface area contributed by atoms with E-state index in [9.17, 15) is 27.2 Å². The highest BCUT2D eigenvalue weighted by Crippen LogP contribution is 2.35. The molecule has 0 aliphatic rings. The van der Waals surface area contributed by atoms with Gasteiger partial charge in [-0.25, -0.2) is 4.39 Å². The van der Waals surface area contributed by atoms with Crippen molar-refractivity contribution in [2.75, 3.05) is 30.4 Å². The number of carbonyl (C=O) groups is 2. The van der Waals surface area contributed by atoms with Gasteiger partial charge in [0.15, 0.2) is 11.6 Å². The fourth-order valence-electron chi connectivity index (χ4n) is 3.31. The Balaban J connectivity index is 1.70. The quantitative estimate of drug-likeness (QED) is 0.215. The first-order valence-corrected chi connectivity index (χ1v) is 11.0. The summed E-state index contributed by atoms with van der Waals surface area (Å²) in [5, 5.41) is 10.6. The van der Waals surface area contributed by atoms with E-state index >= 15 is 0 Å². The first kappa shape index (κ1) is 26.9. The monoisotopic (exact) mass is 520 g/mol.